The molecule has 2 rings (SSSR count). The number of ether oxygens (including phenoxy) is 1. The molecule has 1 aliphatic carbocycles. The molecule has 4 heteroatoms. The standard InChI is InChI=1S/C20H27F3O/c1-2-24-18-13-12-17(19(22)20(18)23)16-10-8-15(9-11-16)7-5-3-4-6-14-21/h3-4,12-13,15-16H,2,5-11,14H2,1H3/b4-3-. The predicted octanol–water partition coefficient (Wildman–Crippen LogP) is 6.33. The van der Waals surface area contributed by atoms with Crippen LogP contribution < -0.4 is 4.74 Å². The number of rotatable bonds is 8. The minimum Gasteiger partial charge on any atom is -0.491 e. The fraction of sp³-hybridized carbons (Fsp3) is 0.600. The Kier molecular flexibility index (Phi) is 7.67. The summed E-state index contributed by atoms with van der Waals surface area (Å²) in [4.78, 5) is 0. The van der Waals surface area contributed by atoms with Gasteiger partial charge in [0.2, 0.25) is 5.82 Å². The second kappa shape index (κ2) is 9.75. The van der Waals surface area contributed by atoms with Crippen molar-refractivity contribution in [1.82, 2.24) is 0 Å². The molecule has 0 spiro atoms. The van der Waals surface area contributed by atoms with Crippen molar-refractivity contribution in [3.05, 3.63) is 41.5 Å². The van der Waals surface area contributed by atoms with Gasteiger partial charge in [0.15, 0.2) is 11.6 Å². The van der Waals surface area contributed by atoms with E-state index in [4.69, 9.17) is 4.74 Å². The van der Waals surface area contributed by atoms with Gasteiger partial charge in [0.05, 0.1) is 13.3 Å². The first kappa shape index (κ1) is 18.9. The zero-order valence-corrected chi connectivity index (χ0v) is 14.4. The molecule has 1 fully saturated rings. The summed E-state index contributed by atoms with van der Waals surface area (Å²) in [7, 11) is 0. The molecule has 24 heavy (non-hydrogen) atoms. The molecular weight excluding hydrogens is 313 g/mol. The number of allylic oxidation sites excluding steroid dienone is 2. The van der Waals surface area contributed by atoms with E-state index in [0.717, 1.165) is 38.5 Å². The second-order valence-corrected chi connectivity index (χ2v) is 6.46. The third kappa shape index (κ3) is 5.02. The first-order chi connectivity index (χ1) is 11.7. The molecular formula is C20H27F3O. The fourth-order valence-corrected chi connectivity index (χ4v) is 3.52. The maximum atomic E-state index is 14.3. The van der Waals surface area contributed by atoms with Gasteiger partial charge in [0.1, 0.15) is 0 Å². The van der Waals surface area contributed by atoms with E-state index in [1.54, 1.807) is 19.1 Å². The third-order valence-electron chi connectivity index (χ3n) is 4.85. The Morgan fingerprint density at radius 3 is 2.42 bits per heavy atom. The summed E-state index contributed by atoms with van der Waals surface area (Å²) in [6, 6.07) is 3.22. The summed E-state index contributed by atoms with van der Waals surface area (Å²) >= 11 is 0. The Morgan fingerprint density at radius 2 is 1.75 bits per heavy atom. The van der Waals surface area contributed by atoms with Crippen molar-refractivity contribution in [3.8, 4) is 5.75 Å². The van der Waals surface area contributed by atoms with Crippen LogP contribution in [0.5, 0.6) is 5.75 Å². The zero-order chi connectivity index (χ0) is 17.4. The molecule has 0 bridgehead atoms. The zero-order valence-electron chi connectivity index (χ0n) is 14.4. The second-order valence-electron chi connectivity index (χ2n) is 6.46. The van der Waals surface area contributed by atoms with Crippen LogP contribution in [0.15, 0.2) is 24.3 Å². The molecule has 0 unspecified atom stereocenters. The lowest BCUT2D eigenvalue weighted by Gasteiger charge is -2.29. The highest BCUT2D eigenvalue weighted by Crippen LogP contribution is 2.39. The van der Waals surface area contributed by atoms with Gasteiger partial charge in [-0.3, -0.25) is 4.39 Å². The van der Waals surface area contributed by atoms with Crippen LogP contribution in [0.4, 0.5) is 13.2 Å². The van der Waals surface area contributed by atoms with Gasteiger partial charge in [-0.15, -0.1) is 0 Å². The minimum atomic E-state index is -0.866. The predicted molar refractivity (Wildman–Crippen MR) is 91.2 cm³/mol. The van der Waals surface area contributed by atoms with Gasteiger partial charge in [-0.05, 0) is 75.3 Å². The van der Waals surface area contributed by atoms with E-state index in [-0.39, 0.29) is 18.3 Å². The van der Waals surface area contributed by atoms with Crippen molar-refractivity contribution in [3.63, 3.8) is 0 Å². The maximum Gasteiger partial charge on any atom is 0.200 e. The maximum absolute atomic E-state index is 14.3. The van der Waals surface area contributed by atoms with E-state index in [0.29, 0.717) is 24.5 Å². The molecule has 0 atom stereocenters. The average molecular weight is 340 g/mol. The number of halogens is 3. The molecule has 1 aliphatic rings. The molecule has 0 amide bonds. The minimum absolute atomic E-state index is 0.00694. The Bertz CT molecular complexity index is 534. The van der Waals surface area contributed by atoms with Gasteiger partial charge >= 0.3 is 0 Å². The summed E-state index contributed by atoms with van der Waals surface area (Å²) < 4.78 is 45.4. The van der Waals surface area contributed by atoms with Crippen LogP contribution in [0.3, 0.4) is 0 Å². The highest BCUT2D eigenvalue weighted by atomic mass is 19.2. The van der Waals surface area contributed by atoms with Crippen molar-refractivity contribution in [2.45, 2.75) is 57.8 Å². The molecule has 0 aromatic heterocycles. The molecule has 134 valence electrons. The number of benzene rings is 1. The van der Waals surface area contributed by atoms with Gasteiger partial charge in [-0.25, -0.2) is 4.39 Å². The molecule has 0 saturated heterocycles. The Labute approximate surface area is 142 Å². The van der Waals surface area contributed by atoms with E-state index < -0.39 is 11.6 Å². The van der Waals surface area contributed by atoms with Crippen molar-refractivity contribution in [2.75, 3.05) is 13.3 Å². The lowest BCUT2D eigenvalue weighted by molar-refractivity contribution is 0.297. The first-order valence-electron chi connectivity index (χ1n) is 8.99. The van der Waals surface area contributed by atoms with E-state index >= 15 is 0 Å². The van der Waals surface area contributed by atoms with E-state index in [9.17, 15) is 13.2 Å². The Hall–Kier alpha value is -1.45. The van der Waals surface area contributed by atoms with Gasteiger partial charge in [-0.1, -0.05) is 18.2 Å². The van der Waals surface area contributed by atoms with Crippen molar-refractivity contribution in [1.29, 1.82) is 0 Å². The number of alkyl halides is 1. The summed E-state index contributed by atoms with van der Waals surface area (Å²) in [5, 5.41) is 0. The Morgan fingerprint density at radius 1 is 1.04 bits per heavy atom. The van der Waals surface area contributed by atoms with E-state index in [1.807, 2.05) is 12.2 Å². The third-order valence-corrected chi connectivity index (χ3v) is 4.85. The lowest BCUT2D eigenvalue weighted by atomic mass is 9.77. The van der Waals surface area contributed by atoms with E-state index in [2.05, 4.69) is 0 Å². The molecule has 0 heterocycles. The normalized spacial score (nSPS) is 21.3. The number of hydrogen-bond acceptors (Lipinski definition) is 1. The molecule has 1 nitrogen and oxygen atoms in total. The van der Waals surface area contributed by atoms with Crippen molar-refractivity contribution >= 4 is 0 Å². The Balaban J connectivity index is 1.87. The average Bonchev–Trinajstić information content (AvgIpc) is 2.60. The van der Waals surface area contributed by atoms with Gasteiger partial charge in [0.25, 0.3) is 0 Å². The van der Waals surface area contributed by atoms with Gasteiger partial charge in [-0.2, -0.15) is 4.39 Å². The fourth-order valence-electron chi connectivity index (χ4n) is 3.52. The summed E-state index contributed by atoms with van der Waals surface area (Å²) in [5.74, 6) is -0.902. The van der Waals surface area contributed by atoms with Crippen LogP contribution in [-0.4, -0.2) is 13.3 Å². The molecule has 0 N–H and O–H groups in total. The largest absolute Gasteiger partial charge is 0.491 e. The lowest BCUT2D eigenvalue weighted by Crippen LogP contribution is -2.15. The first-order valence-corrected chi connectivity index (χ1v) is 8.99. The van der Waals surface area contributed by atoms with E-state index in [1.165, 1.54) is 0 Å². The van der Waals surface area contributed by atoms with Crippen LogP contribution >= 0.6 is 0 Å². The summed E-state index contributed by atoms with van der Waals surface area (Å²) in [6.45, 7) is 1.77. The van der Waals surface area contributed by atoms with Crippen LogP contribution in [0, 0.1) is 17.6 Å². The van der Waals surface area contributed by atoms with Gasteiger partial charge < -0.3 is 4.74 Å². The quantitative estimate of drug-likeness (QED) is 0.502. The summed E-state index contributed by atoms with van der Waals surface area (Å²) in [5.41, 5.74) is 0.484. The molecule has 0 radical (unpaired) electrons. The van der Waals surface area contributed by atoms with Crippen LogP contribution in [-0.2, 0) is 0 Å². The molecule has 1 aromatic rings. The highest BCUT2D eigenvalue weighted by Gasteiger charge is 2.26. The van der Waals surface area contributed by atoms with Crippen LogP contribution in [0.1, 0.15) is 63.4 Å². The SMILES string of the molecule is CCOc1ccc(C2CCC(CC/C=C\CCF)CC2)c(F)c1F. The monoisotopic (exact) mass is 340 g/mol. The highest BCUT2D eigenvalue weighted by molar-refractivity contribution is 5.33. The summed E-state index contributed by atoms with van der Waals surface area (Å²) in [6.07, 6.45) is 10.4. The van der Waals surface area contributed by atoms with Crippen LogP contribution in [0.2, 0.25) is 0 Å². The van der Waals surface area contributed by atoms with Crippen molar-refractivity contribution in [2.24, 2.45) is 5.92 Å². The smallest absolute Gasteiger partial charge is 0.200 e. The van der Waals surface area contributed by atoms with Crippen LogP contribution in [0.25, 0.3) is 0 Å². The molecule has 1 aromatic carbocycles. The number of hydrogen-bond donors (Lipinski definition) is 0. The molecule has 0 aliphatic heterocycles. The molecule has 1 saturated carbocycles. The van der Waals surface area contributed by atoms with Crippen molar-refractivity contribution < 1.29 is 17.9 Å². The van der Waals surface area contributed by atoms with Gasteiger partial charge in [0, 0.05) is 0 Å². The topological polar surface area (TPSA) is 9.23 Å².